The summed E-state index contributed by atoms with van der Waals surface area (Å²) in [6.07, 6.45) is 0. The number of carbonyl (C=O) groups is 1. The fraction of sp³-hybridized carbons (Fsp3) is 0.619. The van der Waals surface area contributed by atoms with Crippen LogP contribution in [-0.4, -0.2) is 31.0 Å². The summed E-state index contributed by atoms with van der Waals surface area (Å²) < 4.78 is 13.9. The lowest BCUT2D eigenvalue weighted by molar-refractivity contribution is -0.125. The van der Waals surface area contributed by atoms with Gasteiger partial charge in [-0.25, -0.2) is 0 Å². The van der Waals surface area contributed by atoms with Crippen LogP contribution in [0, 0.1) is 5.41 Å². The summed E-state index contributed by atoms with van der Waals surface area (Å²) >= 11 is 0. The van der Waals surface area contributed by atoms with Crippen LogP contribution in [0.25, 0.3) is 10.9 Å². The summed E-state index contributed by atoms with van der Waals surface area (Å²) in [7, 11) is -0.261. The van der Waals surface area contributed by atoms with E-state index in [0.717, 1.165) is 22.3 Å². The van der Waals surface area contributed by atoms with Gasteiger partial charge in [-0.3, -0.25) is 9.48 Å². The first-order chi connectivity index (χ1) is 12.3. The third kappa shape index (κ3) is 4.43. The second-order valence-corrected chi connectivity index (χ2v) is 14.3. The van der Waals surface area contributed by atoms with E-state index in [0.29, 0.717) is 13.2 Å². The highest BCUT2D eigenvalue weighted by atomic mass is 28.4. The third-order valence-electron chi connectivity index (χ3n) is 5.94. The topological polar surface area (TPSA) is 53.4 Å². The SMILES string of the molecule is COc1cccc2c(CO[Si](C)(C)C(C)(C)C)n(CC(C)(C)C(C)=O)nc12. The van der Waals surface area contributed by atoms with Gasteiger partial charge in [0, 0.05) is 10.8 Å². The van der Waals surface area contributed by atoms with Gasteiger partial charge in [-0.15, -0.1) is 0 Å². The van der Waals surface area contributed by atoms with Crippen molar-refractivity contribution in [1.82, 2.24) is 9.78 Å². The molecule has 0 amide bonds. The molecule has 0 aliphatic carbocycles. The molecule has 2 aromatic rings. The van der Waals surface area contributed by atoms with Crippen LogP contribution in [0.4, 0.5) is 0 Å². The van der Waals surface area contributed by atoms with E-state index in [1.54, 1.807) is 14.0 Å². The van der Waals surface area contributed by atoms with Gasteiger partial charge in [-0.05, 0) is 31.1 Å². The molecular weight excluding hydrogens is 356 g/mol. The Kier molecular flexibility index (Phi) is 5.93. The lowest BCUT2D eigenvalue weighted by Gasteiger charge is -2.36. The number of carbonyl (C=O) groups excluding carboxylic acids is 1. The van der Waals surface area contributed by atoms with Crippen LogP contribution in [0.2, 0.25) is 18.1 Å². The van der Waals surface area contributed by atoms with Crippen molar-refractivity contribution < 1.29 is 14.0 Å². The number of Topliss-reactive ketones (excluding diaryl/α,β-unsaturated/α-hetero) is 1. The molecule has 0 atom stereocenters. The summed E-state index contributed by atoms with van der Waals surface area (Å²) in [6.45, 7) is 17.7. The zero-order chi connectivity index (χ0) is 20.6. The van der Waals surface area contributed by atoms with E-state index < -0.39 is 13.7 Å². The Morgan fingerprint density at radius 1 is 1.19 bits per heavy atom. The number of rotatable bonds is 7. The number of ether oxygens (including phenoxy) is 1. The van der Waals surface area contributed by atoms with Gasteiger partial charge in [0.1, 0.15) is 17.0 Å². The Balaban J connectivity index is 2.51. The molecule has 27 heavy (non-hydrogen) atoms. The molecule has 0 bridgehead atoms. The van der Waals surface area contributed by atoms with Crippen molar-refractivity contribution >= 4 is 25.0 Å². The van der Waals surface area contributed by atoms with Crippen LogP contribution in [0.15, 0.2) is 18.2 Å². The maximum Gasteiger partial charge on any atom is 0.192 e. The molecule has 0 aliphatic heterocycles. The van der Waals surface area contributed by atoms with Crippen LogP contribution >= 0.6 is 0 Å². The van der Waals surface area contributed by atoms with Gasteiger partial charge >= 0.3 is 0 Å². The van der Waals surface area contributed by atoms with E-state index in [2.05, 4.69) is 33.9 Å². The Morgan fingerprint density at radius 3 is 2.33 bits per heavy atom. The first kappa shape index (κ1) is 21.6. The van der Waals surface area contributed by atoms with Crippen LogP contribution in [-0.2, 0) is 22.4 Å². The summed E-state index contributed by atoms with van der Waals surface area (Å²) in [6, 6.07) is 5.93. The van der Waals surface area contributed by atoms with Crippen molar-refractivity contribution in [1.29, 1.82) is 0 Å². The van der Waals surface area contributed by atoms with Gasteiger partial charge in [0.2, 0.25) is 0 Å². The molecule has 150 valence electrons. The molecule has 0 fully saturated rings. The predicted octanol–water partition coefficient (Wildman–Crippen LogP) is 5.18. The zero-order valence-corrected chi connectivity index (χ0v) is 19.3. The number of aromatic nitrogens is 2. The second-order valence-electron chi connectivity index (χ2n) is 9.45. The molecule has 0 radical (unpaired) electrons. The third-order valence-corrected chi connectivity index (χ3v) is 10.4. The number of ketones is 1. The molecule has 1 aromatic carbocycles. The Labute approximate surface area is 164 Å². The van der Waals surface area contributed by atoms with E-state index in [1.165, 1.54) is 0 Å². The van der Waals surface area contributed by atoms with E-state index in [1.807, 2.05) is 36.7 Å². The smallest absolute Gasteiger partial charge is 0.192 e. The van der Waals surface area contributed by atoms with Gasteiger partial charge in [0.25, 0.3) is 0 Å². The quantitative estimate of drug-likeness (QED) is 0.611. The lowest BCUT2D eigenvalue weighted by Crippen LogP contribution is -2.40. The number of fused-ring (bicyclic) bond motifs is 1. The first-order valence-corrected chi connectivity index (χ1v) is 12.4. The molecule has 0 spiro atoms. The summed E-state index contributed by atoms with van der Waals surface area (Å²) in [5.74, 6) is 0.880. The molecule has 5 nitrogen and oxygen atoms in total. The molecule has 2 rings (SSSR count). The first-order valence-electron chi connectivity index (χ1n) is 9.47. The van der Waals surface area contributed by atoms with Crippen molar-refractivity contribution in [3.05, 3.63) is 23.9 Å². The number of methoxy groups -OCH3 is 1. The highest BCUT2D eigenvalue weighted by molar-refractivity contribution is 6.74. The largest absolute Gasteiger partial charge is 0.494 e. The summed E-state index contributed by atoms with van der Waals surface area (Å²) in [5, 5.41) is 5.94. The molecule has 0 saturated carbocycles. The standard InChI is InChI=1S/C21H34N2O3Si/c1-15(24)21(5,6)14-23-17(13-26-27(8,9)20(2,3)4)16-11-10-12-18(25-7)19(16)22-23/h10-12H,13-14H2,1-9H3. The van der Waals surface area contributed by atoms with Crippen molar-refractivity contribution in [2.24, 2.45) is 5.41 Å². The average Bonchev–Trinajstić information content (AvgIpc) is 2.88. The second kappa shape index (κ2) is 7.39. The van der Waals surface area contributed by atoms with Crippen LogP contribution in [0.3, 0.4) is 0 Å². The van der Waals surface area contributed by atoms with Crippen molar-refractivity contribution in [2.75, 3.05) is 7.11 Å². The molecule has 1 heterocycles. The zero-order valence-electron chi connectivity index (χ0n) is 18.3. The van der Waals surface area contributed by atoms with E-state index in [4.69, 9.17) is 14.3 Å². The fourth-order valence-electron chi connectivity index (χ4n) is 2.58. The minimum Gasteiger partial charge on any atom is -0.494 e. The fourth-order valence-corrected chi connectivity index (χ4v) is 3.51. The molecule has 0 unspecified atom stereocenters. The highest BCUT2D eigenvalue weighted by Crippen LogP contribution is 2.38. The van der Waals surface area contributed by atoms with Crippen LogP contribution in [0.1, 0.15) is 47.2 Å². The molecule has 1 aromatic heterocycles. The molecule has 6 heteroatoms. The van der Waals surface area contributed by atoms with Gasteiger partial charge in [-0.2, -0.15) is 5.10 Å². The van der Waals surface area contributed by atoms with Gasteiger partial charge in [0.15, 0.2) is 8.32 Å². The predicted molar refractivity (Wildman–Crippen MR) is 113 cm³/mol. The van der Waals surface area contributed by atoms with E-state index in [9.17, 15) is 4.79 Å². The molecule has 0 aliphatic rings. The molecular formula is C21H34N2O3Si. The highest BCUT2D eigenvalue weighted by Gasteiger charge is 2.37. The normalized spacial score (nSPS) is 13.2. The van der Waals surface area contributed by atoms with E-state index >= 15 is 0 Å². The minimum atomic E-state index is -1.91. The molecule has 0 saturated heterocycles. The average molecular weight is 391 g/mol. The lowest BCUT2D eigenvalue weighted by atomic mass is 9.89. The Bertz CT molecular complexity index is 832. The maximum atomic E-state index is 12.1. The molecule has 0 N–H and O–H groups in total. The van der Waals surface area contributed by atoms with Gasteiger partial charge < -0.3 is 9.16 Å². The van der Waals surface area contributed by atoms with Crippen molar-refractivity contribution in [3.63, 3.8) is 0 Å². The number of hydrogen-bond donors (Lipinski definition) is 0. The van der Waals surface area contributed by atoms with E-state index in [-0.39, 0.29) is 10.8 Å². The minimum absolute atomic E-state index is 0.129. The Morgan fingerprint density at radius 2 is 1.81 bits per heavy atom. The summed E-state index contributed by atoms with van der Waals surface area (Å²) in [5.41, 5.74) is 1.32. The van der Waals surface area contributed by atoms with Crippen LogP contribution in [0.5, 0.6) is 5.75 Å². The van der Waals surface area contributed by atoms with Gasteiger partial charge in [-0.1, -0.05) is 46.8 Å². The maximum absolute atomic E-state index is 12.1. The summed E-state index contributed by atoms with van der Waals surface area (Å²) in [4.78, 5) is 12.1. The number of benzene rings is 1. The Hall–Kier alpha value is -1.66. The monoisotopic (exact) mass is 390 g/mol. The van der Waals surface area contributed by atoms with Gasteiger partial charge in [0.05, 0.1) is 26.0 Å². The number of hydrogen-bond acceptors (Lipinski definition) is 4. The number of nitrogens with zero attached hydrogens (tertiary/aromatic N) is 2. The van der Waals surface area contributed by atoms with Crippen molar-refractivity contribution in [3.8, 4) is 5.75 Å². The van der Waals surface area contributed by atoms with Crippen molar-refractivity contribution in [2.45, 2.75) is 72.8 Å². The van der Waals surface area contributed by atoms with Crippen LogP contribution < -0.4 is 4.74 Å².